The Kier molecular flexibility index (Phi) is 3.01. The maximum Gasteiger partial charge on any atom is 0.337 e. The predicted molar refractivity (Wildman–Crippen MR) is 76.5 cm³/mol. The van der Waals surface area contributed by atoms with Gasteiger partial charge >= 0.3 is 5.97 Å². The van der Waals surface area contributed by atoms with E-state index in [9.17, 15) is 9.90 Å². The van der Waals surface area contributed by atoms with Crippen LogP contribution in [0, 0.1) is 20.8 Å². The summed E-state index contributed by atoms with van der Waals surface area (Å²) in [5.41, 5.74) is 3.32. The summed E-state index contributed by atoms with van der Waals surface area (Å²) in [5.74, 6) is 0.542. The molecule has 0 radical (unpaired) electrons. The standard InChI is InChI=1S/C15H15N3O3/c1-8-12(9(2)21-17-8)7-18-10(3)16-13-6-4-5-11(14(13)18)15(19)20/h4-6H,7H2,1-3H3,(H,19,20). The Balaban J connectivity index is 2.23. The molecule has 0 unspecified atom stereocenters. The summed E-state index contributed by atoms with van der Waals surface area (Å²) in [5, 5.41) is 13.3. The lowest BCUT2D eigenvalue weighted by Gasteiger charge is -2.08. The van der Waals surface area contributed by atoms with Crippen LogP contribution in [-0.4, -0.2) is 25.8 Å². The molecule has 108 valence electrons. The molecule has 6 heteroatoms. The molecule has 0 saturated carbocycles. The largest absolute Gasteiger partial charge is 0.478 e. The molecule has 0 aliphatic rings. The van der Waals surface area contributed by atoms with E-state index >= 15 is 0 Å². The Morgan fingerprint density at radius 2 is 2.10 bits per heavy atom. The number of carboxylic acid groups (broad SMARTS) is 1. The van der Waals surface area contributed by atoms with Crippen molar-refractivity contribution in [1.82, 2.24) is 14.7 Å². The zero-order valence-electron chi connectivity index (χ0n) is 12.0. The van der Waals surface area contributed by atoms with Crippen molar-refractivity contribution in [3.8, 4) is 0 Å². The van der Waals surface area contributed by atoms with Gasteiger partial charge in [0.2, 0.25) is 0 Å². The Morgan fingerprint density at radius 3 is 2.71 bits per heavy atom. The third kappa shape index (κ3) is 2.08. The first kappa shape index (κ1) is 13.4. The number of fused-ring (bicyclic) bond motifs is 1. The van der Waals surface area contributed by atoms with Gasteiger partial charge in [-0.2, -0.15) is 0 Å². The number of rotatable bonds is 3. The number of carbonyl (C=O) groups is 1. The van der Waals surface area contributed by atoms with E-state index in [1.54, 1.807) is 12.1 Å². The first-order valence-electron chi connectivity index (χ1n) is 6.60. The van der Waals surface area contributed by atoms with Gasteiger partial charge in [-0.25, -0.2) is 9.78 Å². The third-order valence-electron chi connectivity index (χ3n) is 3.69. The molecular formula is C15H15N3O3. The minimum atomic E-state index is -0.958. The van der Waals surface area contributed by atoms with E-state index < -0.39 is 5.97 Å². The van der Waals surface area contributed by atoms with E-state index in [1.165, 1.54) is 0 Å². The van der Waals surface area contributed by atoms with Crippen LogP contribution in [0.4, 0.5) is 0 Å². The SMILES string of the molecule is Cc1noc(C)c1Cn1c(C)nc2cccc(C(=O)O)c21. The number of aromatic nitrogens is 3. The monoisotopic (exact) mass is 285 g/mol. The van der Waals surface area contributed by atoms with Crippen LogP contribution < -0.4 is 0 Å². The van der Waals surface area contributed by atoms with E-state index in [-0.39, 0.29) is 5.56 Å². The molecule has 3 aromatic rings. The average Bonchev–Trinajstić information content (AvgIpc) is 2.92. The van der Waals surface area contributed by atoms with Gasteiger partial charge in [0.15, 0.2) is 0 Å². The third-order valence-corrected chi connectivity index (χ3v) is 3.69. The van der Waals surface area contributed by atoms with Gasteiger partial charge < -0.3 is 14.2 Å². The fourth-order valence-electron chi connectivity index (χ4n) is 2.55. The zero-order valence-corrected chi connectivity index (χ0v) is 12.0. The smallest absolute Gasteiger partial charge is 0.337 e. The normalized spacial score (nSPS) is 11.2. The van der Waals surface area contributed by atoms with Gasteiger partial charge in [-0.1, -0.05) is 11.2 Å². The first-order chi connectivity index (χ1) is 9.99. The lowest BCUT2D eigenvalue weighted by Crippen LogP contribution is -2.07. The van der Waals surface area contributed by atoms with Crippen LogP contribution in [0.2, 0.25) is 0 Å². The summed E-state index contributed by atoms with van der Waals surface area (Å²) in [6.07, 6.45) is 0. The van der Waals surface area contributed by atoms with Crippen molar-refractivity contribution < 1.29 is 14.4 Å². The summed E-state index contributed by atoms with van der Waals surface area (Å²) in [7, 11) is 0. The zero-order chi connectivity index (χ0) is 15.1. The van der Waals surface area contributed by atoms with Gasteiger partial charge in [0, 0.05) is 5.56 Å². The minimum absolute atomic E-state index is 0.250. The molecule has 0 amide bonds. The molecule has 3 rings (SSSR count). The average molecular weight is 285 g/mol. The summed E-state index contributed by atoms with van der Waals surface area (Å²) < 4.78 is 7.07. The number of hydrogen-bond donors (Lipinski definition) is 1. The van der Waals surface area contributed by atoms with Gasteiger partial charge in [0.1, 0.15) is 11.6 Å². The topological polar surface area (TPSA) is 81.2 Å². The minimum Gasteiger partial charge on any atom is -0.478 e. The number of hydrogen-bond acceptors (Lipinski definition) is 4. The van der Waals surface area contributed by atoms with Gasteiger partial charge in [0.25, 0.3) is 0 Å². The van der Waals surface area contributed by atoms with E-state index in [1.807, 2.05) is 31.4 Å². The highest BCUT2D eigenvalue weighted by Gasteiger charge is 2.18. The van der Waals surface area contributed by atoms with Crippen LogP contribution in [0.3, 0.4) is 0 Å². The highest BCUT2D eigenvalue weighted by atomic mass is 16.5. The highest BCUT2D eigenvalue weighted by Crippen LogP contribution is 2.23. The molecule has 0 fully saturated rings. The fourth-order valence-corrected chi connectivity index (χ4v) is 2.55. The number of aryl methyl sites for hydroxylation is 3. The second-order valence-electron chi connectivity index (χ2n) is 5.03. The Bertz CT molecular complexity index is 826. The molecule has 0 saturated heterocycles. The lowest BCUT2D eigenvalue weighted by molar-refractivity contribution is 0.0698. The van der Waals surface area contributed by atoms with Crippen molar-refractivity contribution in [2.24, 2.45) is 0 Å². The van der Waals surface area contributed by atoms with Crippen molar-refractivity contribution in [2.45, 2.75) is 27.3 Å². The first-order valence-corrected chi connectivity index (χ1v) is 6.60. The molecule has 1 aromatic carbocycles. The molecular weight excluding hydrogens is 270 g/mol. The number of nitrogens with zero attached hydrogens (tertiary/aromatic N) is 3. The van der Waals surface area contributed by atoms with E-state index in [0.717, 1.165) is 22.8 Å². The van der Waals surface area contributed by atoms with Gasteiger partial charge in [-0.3, -0.25) is 0 Å². The van der Waals surface area contributed by atoms with E-state index in [0.29, 0.717) is 17.6 Å². The summed E-state index contributed by atoms with van der Waals surface area (Å²) >= 11 is 0. The van der Waals surface area contributed by atoms with Gasteiger partial charge in [-0.15, -0.1) is 0 Å². The number of aromatic carboxylic acids is 1. The Labute approximate surface area is 121 Å². The molecule has 0 bridgehead atoms. The van der Waals surface area contributed by atoms with E-state index in [4.69, 9.17) is 4.52 Å². The summed E-state index contributed by atoms with van der Waals surface area (Å²) in [4.78, 5) is 15.9. The molecule has 0 aliphatic heterocycles. The molecule has 6 nitrogen and oxygen atoms in total. The van der Waals surface area contributed by atoms with Crippen molar-refractivity contribution >= 4 is 17.0 Å². The van der Waals surface area contributed by atoms with Crippen LogP contribution in [-0.2, 0) is 6.54 Å². The maximum absolute atomic E-state index is 11.4. The van der Waals surface area contributed by atoms with Crippen LogP contribution in [0.15, 0.2) is 22.7 Å². The number of para-hydroxylation sites is 1. The molecule has 0 aliphatic carbocycles. The number of benzene rings is 1. The second-order valence-corrected chi connectivity index (χ2v) is 5.03. The molecule has 1 N–H and O–H groups in total. The van der Waals surface area contributed by atoms with Crippen LogP contribution >= 0.6 is 0 Å². The molecule has 0 spiro atoms. The van der Waals surface area contributed by atoms with Gasteiger partial charge in [0.05, 0.1) is 28.8 Å². The van der Waals surface area contributed by atoms with Gasteiger partial charge in [-0.05, 0) is 32.9 Å². The Hall–Kier alpha value is -2.63. The molecule has 2 aromatic heterocycles. The maximum atomic E-state index is 11.4. The van der Waals surface area contributed by atoms with Crippen molar-refractivity contribution in [2.75, 3.05) is 0 Å². The quantitative estimate of drug-likeness (QED) is 0.800. The molecule has 0 atom stereocenters. The predicted octanol–water partition coefficient (Wildman–Crippen LogP) is 2.70. The molecule has 2 heterocycles. The highest BCUT2D eigenvalue weighted by molar-refractivity contribution is 6.01. The van der Waals surface area contributed by atoms with Crippen LogP contribution in [0.25, 0.3) is 11.0 Å². The summed E-state index contributed by atoms with van der Waals surface area (Å²) in [6, 6.07) is 5.12. The van der Waals surface area contributed by atoms with Crippen molar-refractivity contribution in [3.63, 3.8) is 0 Å². The van der Waals surface area contributed by atoms with Crippen LogP contribution in [0.5, 0.6) is 0 Å². The second kappa shape index (κ2) is 4.73. The number of carboxylic acids is 1. The Morgan fingerprint density at radius 1 is 1.33 bits per heavy atom. The summed E-state index contributed by atoms with van der Waals surface area (Å²) in [6.45, 7) is 6.08. The van der Waals surface area contributed by atoms with Crippen molar-refractivity contribution in [1.29, 1.82) is 0 Å². The lowest BCUT2D eigenvalue weighted by atomic mass is 10.1. The molecule has 21 heavy (non-hydrogen) atoms. The van der Waals surface area contributed by atoms with E-state index in [2.05, 4.69) is 10.1 Å². The van der Waals surface area contributed by atoms with Crippen molar-refractivity contribution in [3.05, 3.63) is 46.6 Å². The number of imidazole rings is 1. The van der Waals surface area contributed by atoms with Crippen LogP contribution in [0.1, 0.15) is 33.2 Å². The fraction of sp³-hybridized carbons (Fsp3) is 0.267.